The van der Waals surface area contributed by atoms with Crippen molar-refractivity contribution in [3.8, 4) is 106 Å². The van der Waals surface area contributed by atoms with Gasteiger partial charge in [0.15, 0.2) is 5.58 Å². The molecule has 650 valence electrons. The lowest BCUT2D eigenvalue weighted by atomic mass is 9.55. The van der Waals surface area contributed by atoms with E-state index in [9.17, 15) is 0 Å². The Morgan fingerprint density at radius 2 is 0.522 bits per heavy atom. The van der Waals surface area contributed by atoms with Crippen molar-refractivity contribution in [1.82, 2.24) is 4.57 Å². The molecule has 0 amide bonds. The van der Waals surface area contributed by atoms with E-state index in [1.807, 2.05) is 0 Å². The standard InChI is InChI=1S/C134H93N3O/c1-131(2)109-63-27-31-67-113(109)133(114-68-32-28-64-110(114)131)107-61-25-20-57-103(107)127-117(133)71-40-76-122(127)136(124-78-38-59-101-100-56-24-35-73-119(100)135(129(101)124)90-46-12-7-13-47-90)120-74-36-22-55-99(120)96-52-18-19-53-97(96)105-84-88(80-82-92(105)87-44-10-6-11-45-87)89-81-83-126-106(85-89)102-60-39-79-125(130(102)138-126)137(121-75-37-23-54-98(121)95-51-17-16-50-94(95)93-49-15-14-48-91(93)86-42-8-5-9-43-86)123-77-41-72-118-128(123)104-58-21-26-62-108(104)134(118)115-69-33-29-65-111(115)132(3,4)112-66-30-34-70-116(112)134/h5-85H,1-4H3. The van der Waals surface area contributed by atoms with Crippen molar-refractivity contribution in [1.29, 1.82) is 0 Å². The molecule has 2 spiro atoms. The van der Waals surface area contributed by atoms with E-state index < -0.39 is 10.8 Å². The number of hydrogen-bond donors (Lipinski definition) is 0. The summed E-state index contributed by atoms with van der Waals surface area (Å²) in [6.45, 7) is 9.63. The Bertz CT molecular complexity index is 8830. The Labute approximate surface area is 804 Å². The van der Waals surface area contributed by atoms with Crippen LogP contribution < -0.4 is 9.80 Å². The van der Waals surface area contributed by atoms with Crippen molar-refractivity contribution < 1.29 is 4.42 Å². The zero-order valence-electron chi connectivity index (χ0n) is 77.0. The third-order valence-electron chi connectivity index (χ3n) is 31.0. The molecule has 138 heavy (non-hydrogen) atoms. The molecule has 21 aromatic carbocycles. The number of nitrogens with zero attached hydrogens (tertiary/aromatic N) is 3. The summed E-state index contributed by atoms with van der Waals surface area (Å²) in [5, 5.41) is 4.39. The highest BCUT2D eigenvalue weighted by Crippen LogP contribution is 2.68. The summed E-state index contributed by atoms with van der Waals surface area (Å²) in [6.07, 6.45) is 0. The summed E-state index contributed by atoms with van der Waals surface area (Å²) in [4.78, 5) is 5.18. The second-order valence-electron chi connectivity index (χ2n) is 38.6. The predicted molar refractivity (Wildman–Crippen MR) is 574 cm³/mol. The number of hydrogen-bond acceptors (Lipinski definition) is 3. The molecule has 0 radical (unpaired) electrons. The van der Waals surface area contributed by atoms with E-state index in [-0.39, 0.29) is 10.8 Å². The average molecular weight is 1760 g/mol. The molecule has 0 aliphatic heterocycles. The van der Waals surface area contributed by atoms with Crippen LogP contribution in [-0.4, -0.2) is 4.57 Å². The molecule has 0 fully saturated rings. The molecule has 0 unspecified atom stereocenters. The van der Waals surface area contributed by atoms with Gasteiger partial charge in [-0.05, 0) is 217 Å². The molecule has 0 saturated carbocycles. The lowest BCUT2D eigenvalue weighted by Crippen LogP contribution is -2.40. The van der Waals surface area contributed by atoms with Gasteiger partial charge in [0, 0.05) is 60.3 Å². The molecule has 0 atom stereocenters. The van der Waals surface area contributed by atoms with Crippen LogP contribution in [0, 0.1) is 0 Å². The van der Waals surface area contributed by atoms with E-state index >= 15 is 0 Å². The van der Waals surface area contributed by atoms with Gasteiger partial charge in [-0.2, -0.15) is 0 Å². The molecule has 2 aromatic heterocycles. The fraction of sp³-hybridized carbons (Fsp3) is 0.0597. The normalized spacial score (nSPS) is 13.9. The first-order valence-corrected chi connectivity index (χ1v) is 48.3. The van der Waals surface area contributed by atoms with Crippen molar-refractivity contribution >= 4 is 77.9 Å². The second-order valence-corrected chi connectivity index (χ2v) is 38.6. The van der Waals surface area contributed by atoms with Gasteiger partial charge in [0.05, 0.1) is 56.0 Å². The van der Waals surface area contributed by atoms with Crippen LogP contribution >= 0.6 is 0 Å². The van der Waals surface area contributed by atoms with Crippen molar-refractivity contribution in [3.63, 3.8) is 0 Å². The van der Waals surface area contributed by atoms with Crippen LogP contribution in [0.3, 0.4) is 0 Å². The quantitative estimate of drug-likeness (QED) is 0.108. The summed E-state index contributed by atoms with van der Waals surface area (Å²) in [7, 11) is 0. The van der Waals surface area contributed by atoms with Crippen LogP contribution in [-0.2, 0) is 21.7 Å². The number of fused-ring (bicyclic) bond motifs is 24. The smallest absolute Gasteiger partial charge is 0.159 e. The Morgan fingerprint density at radius 3 is 1.03 bits per heavy atom. The van der Waals surface area contributed by atoms with Crippen molar-refractivity contribution in [2.45, 2.75) is 49.4 Å². The van der Waals surface area contributed by atoms with Gasteiger partial charge in [-0.15, -0.1) is 0 Å². The molecule has 4 nitrogen and oxygen atoms in total. The molecule has 0 saturated heterocycles. The van der Waals surface area contributed by atoms with Crippen molar-refractivity contribution in [2.24, 2.45) is 0 Å². The topological polar surface area (TPSA) is 24.6 Å². The number of benzene rings is 21. The number of anilines is 6. The van der Waals surface area contributed by atoms with E-state index in [1.165, 1.54) is 111 Å². The molecule has 4 aliphatic rings. The largest absolute Gasteiger partial charge is 0.454 e. The lowest BCUT2D eigenvalue weighted by Gasteiger charge is -2.46. The van der Waals surface area contributed by atoms with E-state index in [0.29, 0.717) is 0 Å². The minimum absolute atomic E-state index is 0.271. The molecule has 4 heteroatoms. The van der Waals surface area contributed by atoms with E-state index in [2.05, 4.69) is 533 Å². The predicted octanol–water partition coefficient (Wildman–Crippen LogP) is 35.3. The van der Waals surface area contributed by atoms with Crippen molar-refractivity contribution in [3.05, 3.63) is 558 Å². The van der Waals surface area contributed by atoms with Gasteiger partial charge < -0.3 is 18.8 Å². The SMILES string of the molecule is CC1(C)c2ccccc2C2(c3ccccc3-c3c(N(c4ccccc4-c4ccccc4-c4ccccc4-c4ccccc4)c4cccc5c4oc4ccc(-c6ccc(-c7ccccc7)c(-c7ccccc7-c7ccccc7N(c7cccc8c7-c7ccccc7C87c8ccccc8C(C)(C)c8ccccc87)c7cccc8c9ccccc9n(-c9ccccc9)c78)c6)cc45)cccc32)c2ccccc21. The van der Waals surface area contributed by atoms with Crippen LogP contribution in [0.15, 0.2) is 496 Å². The maximum absolute atomic E-state index is 7.67. The first-order chi connectivity index (χ1) is 68.1. The number of rotatable bonds is 14. The second kappa shape index (κ2) is 31.2. The highest BCUT2D eigenvalue weighted by atomic mass is 16.3. The van der Waals surface area contributed by atoms with Gasteiger partial charge in [-0.25, -0.2) is 0 Å². The van der Waals surface area contributed by atoms with Gasteiger partial charge in [-0.3, -0.25) is 0 Å². The Morgan fingerprint density at radius 1 is 0.196 bits per heavy atom. The monoisotopic (exact) mass is 1760 g/mol. The number of furan rings is 1. The van der Waals surface area contributed by atoms with Gasteiger partial charge in [0.2, 0.25) is 0 Å². The summed E-state index contributed by atoms with van der Waals surface area (Å²) < 4.78 is 10.2. The highest BCUT2D eigenvalue weighted by Gasteiger charge is 2.56. The van der Waals surface area contributed by atoms with Crippen molar-refractivity contribution in [2.75, 3.05) is 9.80 Å². The zero-order chi connectivity index (χ0) is 91.7. The fourth-order valence-corrected chi connectivity index (χ4v) is 25.2. The average Bonchev–Trinajstić information content (AvgIpc) is 1.50. The highest BCUT2D eigenvalue weighted by molar-refractivity contribution is 6.18. The minimum atomic E-state index is -0.655. The van der Waals surface area contributed by atoms with Crippen LogP contribution in [0.5, 0.6) is 0 Å². The van der Waals surface area contributed by atoms with E-state index in [1.54, 1.807) is 0 Å². The van der Waals surface area contributed by atoms with E-state index in [4.69, 9.17) is 4.42 Å². The molecule has 2 heterocycles. The summed E-state index contributed by atoms with van der Waals surface area (Å²) in [5.74, 6) is 0. The maximum atomic E-state index is 7.67. The Kier molecular flexibility index (Phi) is 18.2. The third-order valence-corrected chi connectivity index (χ3v) is 31.0. The Hall–Kier alpha value is -17.2. The van der Waals surface area contributed by atoms with Gasteiger partial charge >= 0.3 is 0 Å². The van der Waals surface area contributed by atoms with E-state index in [0.717, 1.165) is 140 Å². The number of aromatic nitrogens is 1. The van der Waals surface area contributed by atoms with Gasteiger partial charge in [0.1, 0.15) is 5.58 Å². The molecule has 23 aromatic rings. The third kappa shape index (κ3) is 11.6. The summed E-state index contributed by atoms with van der Waals surface area (Å²) in [5.41, 5.74) is 45.4. The van der Waals surface area contributed by atoms with Crippen LogP contribution in [0.4, 0.5) is 34.1 Å². The summed E-state index contributed by atoms with van der Waals surface area (Å²) in [6, 6.07) is 185. The van der Waals surface area contributed by atoms with Crippen LogP contribution in [0.1, 0.15) is 94.5 Å². The molecule has 0 bridgehead atoms. The summed E-state index contributed by atoms with van der Waals surface area (Å²) >= 11 is 0. The molecule has 4 aliphatic carbocycles. The molecule has 0 N–H and O–H groups in total. The number of para-hydroxylation sites is 6. The zero-order valence-corrected chi connectivity index (χ0v) is 77.0. The maximum Gasteiger partial charge on any atom is 0.159 e. The molecule has 27 rings (SSSR count). The van der Waals surface area contributed by atoms with Gasteiger partial charge in [0.25, 0.3) is 0 Å². The molecular formula is C134H93N3O. The first kappa shape index (κ1) is 80.5. The van der Waals surface area contributed by atoms with Crippen LogP contribution in [0.2, 0.25) is 0 Å². The fourth-order valence-electron chi connectivity index (χ4n) is 25.2. The Balaban J connectivity index is 0.659. The molecular weight excluding hydrogens is 1670 g/mol. The van der Waals surface area contributed by atoms with Crippen LogP contribution in [0.25, 0.3) is 150 Å². The first-order valence-electron chi connectivity index (χ1n) is 48.3. The minimum Gasteiger partial charge on any atom is -0.454 e. The van der Waals surface area contributed by atoms with Gasteiger partial charge in [-0.1, -0.05) is 446 Å². The lowest BCUT2D eigenvalue weighted by molar-refractivity contribution is 0.563.